The molecule has 0 spiro atoms. The molecule has 0 fully saturated rings. The summed E-state index contributed by atoms with van der Waals surface area (Å²) in [5.41, 5.74) is 2.66. The summed E-state index contributed by atoms with van der Waals surface area (Å²) < 4.78 is 1.85. The lowest BCUT2D eigenvalue weighted by Crippen LogP contribution is -2.14. The number of carbonyl (C=O) groups excluding carboxylic acids is 1. The van der Waals surface area contributed by atoms with Gasteiger partial charge in [0.05, 0.1) is 11.3 Å². The topological polar surface area (TPSA) is 96.5 Å². The molecule has 3 aromatic heterocycles. The second-order valence-corrected chi connectivity index (χ2v) is 9.23. The van der Waals surface area contributed by atoms with Crippen molar-refractivity contribution in [3.05, 3.63) is 40.5 Å². The minimum Gasteiger partial charge on any atom is -0.316 e. The van der Waals surface area contributed by atoms with Crippen LogP contribution in [-0.2, 0) is 24.7 Å². The summed E-state index contributed by atoms with van der Waals surface area (Å²) in [4.78, 5) is 18.0. The summed E-state index contributed by atoms with van der Waals surface area (Å²) in [5, 5.41) is 22.4. The quantitative estimate of drug-likeness (QED) is 0.600. The van der Waals surface area contributed by atoms with Gasteiger partial charge in [0.1, 0.15) is 11.1 Å². The highest BCUT2D eigenvalue weighted by atomic mass is 32.2. The minimum atomic E-state index is -0.142. The standard InChI is InChI=1S/C21H22N6OS2/c1-27-19(14-7-6-10-23-12-14)25-26-21(27)29-13-18(28)24-20-16(11-22)15-8-4-2-3-5-9-17(15)30-20/h6-7,10,12H,2-5,8-9,13H2,1H3,(H,24,28). The van der Waals surface area contributed by atoms with Gasteiger partial charge in [-0.2, -0.15) is 5.26 Å². The molecule has 0 atom stereocenters. The third-order valence-corrected chi connectivity index (χ3v) is 7.35. The molecule has 0 radical (unpaired) electrons. The van der Waals surface area contributed by atoms with E-state index >= 15 is 0 Å². The van der Waals surface area contributed by atoms with Crippen LogP contribution in [0.5, 0.6) is 0 Å². The van der Waals surface area contributed by atoms with Crippen molar-refractivity contribution in [1.82, 2.24) is 19.7 Å². The fourth-order valence-corrected chi connectivity index (χ4v) is 5.57. The average molecular weight is 439 g/mol. The number of anilines is 1. The van der Waals surface area contributed by atoms with Gasteiger partial charge >= 0.3 is 0 Å². The number of carbonyl (C=O) groups is 1. The summed E-state index contributed by atoms with van der Waals surface area (Å²) in [6.07, 6.45) is 10.1. The summed E-state index contributed by atoms with van der Waals surface area (Å²) in [5.74, 6) is 0.763. The van der Waals surface area contributed by atoms with Crippen LogP contribution in [0.1, 0.15) is 41.7 Å². The molecule has 4 rings (SSSR count). The first kappa shape index (κ1) is 20.6. The van der Waals surface area contributed by atoms with Crippen molar-refractivity contribution in [3.63, 3.8) is 0 Å². The Balaban J connectivity index is 1.43. The predicted molar refractivity (Wildman–Crippen MR) is 118 cm³/mol. The van der Waals surface area contributed by atoms with E-state index in [0.717, 1.165) is 36.8 Å². The number of hydrogen-bond donors (Lipinski definition) is 1. The van der Waals surface area contributed by atoms with E-state index in [9.17, 15) is 10.1 Å². The largest absolute Gasteiger partial charge is 0.316 e. The van der Waals surface area contributed by atoms with Crippen LogP contribution in [0.25, 0.3) is 11.4 Å². The van der Waals surface area contributed by atoms with E-state index in [1.54, 1.807) is 23.7 Å². The first-order valence-corrected chi connectivity index (χ1v) is 11.7. The van der Waals surface area contributed by atoms with Crippen LogP contribution in [-0.4, -0.2) is 31.4 Å². The van der Waals surface area contributed by atoms with Crippen molar-refractivity contribution in [2.45, 2.75) is 43.7 Å². The molecule has 0 aromatic carbocycles. The number of thioether (sulfide) groups is 1. The van der Waals surface area contributed by atoms with Gasteiger partial charge in [-0.05, 0) is 43.4 Å². The summed E-state index contributed by atoms with van der Waals surface area (Å²) in [6.45, 7) is 0. The van der Waals surface area contributed by atoms with E-state index in [1.165, 1.54) is 29.5 Å². The lowest BCUT2D eigenvalue weighted by molar-refractivity contribution is -0.113. The number of aryl methyl sites for hydroxylation is 1. The van der Waals surface area contributed by atoms with Crippen LogP contribution in [0.3, 0.4) is 0 Å². The molecule has 0 saturated carbocycles. The van der Waals surface area contributed by atoms with Crippen LogP contribution in [0.4, 0.5) is 5.00 Å². The molecule has 1 aliphatic rings. The molecule has 0 aliphatic heterocycles. The van der Waals surface area contributed by atoms with Gasteiger partial charge in [0, 0.05) is 29.9 Å². The molecular formula is C21H22N6OS2. The number of fused-ring (bicyclic) bond motifs is 1. The maximum atomic E-state index is 12.6. The average Bonchev–Trinajstić information content (AvgIpc) is 3.26. The van der Waals surface area contributed by atoms with Gasteiger partial charge in [0.25, 0.3) is 0 Å². The van der Waals surface area contributed by atoms with Crippen molar-refractivity contribution in [2.75, 3.05) is 11.1 Å². The number of pyridine rings is 1. The fraction of sp³-hybridized carbons (Fsp3) is 0.381. The van der Waals surface area contributed by atoms with Crippen molar-refractivity contribution in [3.8, 4) is 17.5 Å². The molecule has 0 saturated heterocycles. The van der Waals surface area contributed by atoms with E-state index in [0.29, 0.717) is 21.5 Å². The molecule has 0 unspecified atom stereocenters. The Kier molecular flexibility index (Phi) is 6.45. The normalized spacial score (nSPS) is 13.7. The molecule has 1 N–H and O–H groups in total. The second kappa shape index (κ2) is 9.41. The molecule has 1 amide bonds. The molecule has 0 bridgehead atoms. The summed E-state index contributed by atoms with van der Waals surface area (Å²) >= 11 is 2.88. The van der Waals surface area contributed by atoms with Crippen LogP contribution >= 0.6 is 23.1 Å². The van der Waals surface area contributed by atoms with Gasteiger partial charge in [-0.3, -0.25) is 9.78 Å². The van der Waals surface area contributed by atoms with E-state index in [-0.39, 0.29) is 11.7 Å². The first-order valence-electron chi connectivity index (χ1n) is 9.94. The Morgan fingerprint density at radius 3 is 2.90 bits per heavy atom. The van der Waals surface area contributed by atoms with Crippen LogP contribution in [0.15, 0.2) is 29.7 Å². The molecule has 7 nitrogen and oxygen atoms in total. The molecule has 3 heterocycles. The number of nitriles is 1. The zero-order valence-electron chi connectivity index (χ0n) is 16.7. The second-order valence-electron chi connectivity index (χ2n) is 7.18. The van der Waals surface area contributed by atoms with Crippen molar-refractivity contribution >= 4 is 34.0 Å². The predicted octanol–water partition coefficient (Wildman–Crippen LogP) is 4.20. The fourth-order valence-electron chi connectivity index (χ4n) is 3.61. The maximum Gasteiger partial charge on any atom is 0.235 e. The van der Waals surface area contributed by atoms with Gasteiger partial charge in [0.2, 0.25) is 5.91 Å². The number of hydrogen-bond acceptors (Lipinski definition) is 7. The number of nitrogens with zero attached hydrogens (tertiary/aromatic N) is 5. The van der Waals surface area contributed by atoms with Crippen LogP contribution in [0, 0.1) is 11.3 Å². The Hall–Kier alpha value is -2.70. The summed E-state index contributed by atoms with van der Waals surface area (Å²) in [6, 6.07) is 6.09. The highest BCUT2D eigenvalue weighted by Crippen LogP contribution is 2.36. The lowest BCUT2D eigenvalue weighted by atomic mass is 9.97. The van der Waals surface area contributed by atoms with Gasteiger partial charge < -0.3 is 9.88 Å². The summed E-state index contributed by atoms with van der Waals surface area (Å²) in [7, 11) is 1.87. The molecule has 1 aliphatic carbocycles. The first-order chi connectivity index (χ1) is 14.7. The van der Waals surface area contributed by atoms with E-state index < -0.39 is 0 Å². The van der Waals surface area contributed by atoms with E-state index in [1.807, 2.05) is 23.7 Å². The maximum absolute atomic E-state index is 12.6. The van der Waals surface area contributed by atoms with E-state index in [2.05, 4.69) is 26.6 Å². The third-order valence-electron chi connectivity index (χ3n) is 5.12. The molecule has 9 heteroatoms. The highest BCUT2D eigenvalue weighted by Gasteiger charge is 2.21. The number of thiophene rings is 1. The van der Waals surface area contributed by atoms with Crippen molar-refractivity contribution in [2.24, 2.45) is 7.05 Å². The van der Waals surface area contributed by atoms with Crippen LogP contribution < -0.4 is 5.32 Å². The zero-order valence-corrected chi connectivity index (χ0v) is 18.4. The highest BCUT2D eigenvalue weighted by molar-refractivity contribution is 7.99. The number of rotatable bonds is 5. The molecular weight excluding hydrogens is 416 g/mol. The number of amides is 1. The van der Waals surface area contributed by atoms with Gasteiger partial charge in [-0.15, -0.1) is 21.5 Å². The van der Waals surface area contributed by atoms with Gasteiger partial charge in [-0.25, -0.2) is 0 Å². The lowest BCUT2D eigenvalue weighted by Gasteiger charge is -2.08. The Bertz CT molecular complexity index is 1080. The molecule has 3 aromatic rings. The van der Waals surface area contributed by atoms with Gasteiger partial charge in [-0.1, -0.05) is 24.6 Å². The van der Waals surface area contributed by atoms with Gasteiger partial charge in [0.15, 0.2) is 11.0 Å². The smallest absolute Gasteiger partial charge is 0.235 e. The number of nitrogens with one attached hydrogen (secondary N) is 1. The molecule has 154 valence electrons. The van der Waals surface area contributed by atoms with E-state index in [4.69, 9.17) is 0 Å². The van der Waals surface area contributed by atoms with Crippen molar-refractivity contribution < 1.29 is 4.79 Å². The Labute approximate surface area is 183 Å². The Morgan fingerprint density at radius 1 is 1.30 bits per heavy atom. The third kappa shape index (κ3) is 4.40. The SMILES string of the molecule is Cn1c(SCC(=O)Nc2sc3c(c2C#N)CCCCCC3)nnc1-c1cccnc1. The van der Waals surface area contributed by atoms with Crippen molar-refractivity contribution in [1.29, 1.82) is 5.26 Å². The minimum absolute atomic E-state index is 0.142. The molecule has 30 heavy (non-hydrogen) atoms. The Morgan fingerprint density at radius 2 is 2.13 bits per heavy atom. The monoisotopic (exact) mass is 438 g/mol. The zero-order chi connectivity index (χ0) is 20.9. The van der Waals surface area contributed by atoms with Crippen LogP contribution in [0.2, 0.25) is 0 Å². The number of aromatic nitrogens is 4.